The zero-order valence-electron chi connectivity index (χ0n) is 48.0. The van der Waals surface area contributed by atoms with E-state index in [2.05, 4.69) is 24.3 Å². The van der Waals surface area contributed by atoms with Gasteiger partial charge in [-0.1, -0.05) is 78.1 Å². The SMILES string of the molecule is CC(=O)OC(CCCCCCCC(=O)CCCCCCCCCCCC(=O)NCCCCN(C)C)C(CCC(C)C)OC1OCC(OC2OCC(O)C(OC3OCC(OC(C)=O)C(OC(C)=O)C3OC(C)=O)C2O)C(O)C1O. The highest BCUT2D eigenvalue weighted by atomic mass is 16.8. The summed E-state index contributed by atoms with van der Waals surface area (Å²) in [5.74, 6) is -2.11. The minimum atomic E-state index is -1.77. The van der Waals surface area contributed by atoms with Gasteiger partial charge < -0.3 is 78.0 Å². The van der Waals surface area contributed by atoms with Gasteiger partial charge >= 0.3 is 23.9 Å². The Kier molecular flexibility index (Phi) is 33.8. The normalized spacial score (nSPS) is 27.2. The van der Waals surface area contributed by atoms with Gasteiger partial charge in [0, 0.05) is 53.5 Å². The van der Waals surface area contributed by atoms with E-state index < -0.39 is 116 Å². The van der Waals surface area contributed by atoms with Crippen LogP contribution < -0.4 is 5.32 Å². The summed E-state index contributed by atoms with van der Waals surface area (Å²) in [4.78, 5) is 75.2. The first-order chi connectivity index (χ1) is 37.2. The predicted octanol–water partition coefficient (Wildman–Crippen LogP) is 4.87. The van der Waals surface area contributed by atoms with Crippen LogP contribution in [0.25, 0.3) is 0 Å². The molecule has 452 valence electrons. The van der Waals surface area contributed by atoms with Gasteiger partial charge in [-0.3, -0.25) is 28.8 Å². The third kappa shape index (κ3) is 27.4. The second-order valence-corrected chi connectivity index (χ2v) is 21.9. The van der Waals surface area contributed by atoms with Gasteiger partial charge in [-0.05, 0) is 84.3 Å². The van der Waals surface area contributed by atoms with Gasteiger partial charge in [0.25, 0.3) is 0 Å². The number of carbonyl (C=O) groups is 6. The van der Waals surface area contributed by atoms with E-state index in [-0.39, 0.29) is 25.0 Å². The second-order valence-electron chi connectivity index (χ2n) is 21.9. The molecule has 0 aromatic heterocycles. The molecule has 14 atom stereocenters. The summed E-state index contributed by atoms with van der Waals surface area (Å²) in [6.45, 7) is 9.37. The molecule has 5 N–H and O–H groups in total. The number of ketones is 1. The Morgan fingerprint density at radius 3 is 1.63 bits per heavy atom. The number of nitrogens with one attached hydrogen (secondary N) is 1. The number of unbranched alkanes of at least 4 members (excludes halogenated alkanes) is 13. The Hall–Kier alpha value is -3.42. The van der Waals surface area contributed by atoms with Gasteiger partial charge in [0.05, 0.1) is 25.9 Å². The van der Waals surface area contributed by atoms with Crippen LogP contribution in [0.1, 0.15) is 183 Å². The number of aliphatic hydroxyl groups is 4. The highest BCUT2D eigenvalue weighted by molar-refractivity contribution is 5.78. The van der Waals surface area contributed by atoms with Crippen molar-refractivity contribution in [2.24, 2.45) is 5.92 Å². The number of Topliss-reactive ketones (excluding diaryl/α,β-unsaturated/α-hetero) is 1. The molecule has 22 nitrogen and oxygen atoms in total. The molecule has 0 bridgehead atoms. The quantitative estimate of drug-likeness (QED) is 0.0312. The van der Waals surface area contributed by atoms with E-state index in [0.29, 0.717) is 44.3 Å². The minimum absolute atomic E-state index is 0.161. The second kappa shape index (κ2) is 38.3. The zero-order valence-corrected chi connectivity index (χ0v) is 48.0. The molecule has 0 aromatic carbocycles. The van der Waals surface area contributed by atoms with Crippen molar-refractivity contribution in [3.8, 4) is 0 Å². The van der Waals surface area contributed by atoms with Gasteiger partial charge in [-0.15, -0.1) is 0 Å². The average Bonchev–Trinajstić information content (AvgIpc) is 3.39. The van der Waals surface area contributed by atoms with E-state index in [1.807, 2.05) is 13.8 Å². The molecule has 3 aliphatic heterocycles. The van der Waals surface area contributed by atoms with E-state index in [9.17, 15) is 49.2 Å². The van der Waals surface area contributed by atoms with Crippen molar-refractivity contribution in [2.75, 3.05) is 47.0 Å². The van der Waals surface area contributed by atoms with Crippen molar-refractivity contribution in [2.45, 2.75) is 269 Å². The molecule has 3 saturated heterocycles. The molecule has 1 amide bonds. The maximum absolute atomic E-state index is 12.6. The first-order valence-electron chi connectivity index (χ1n) is 28.8. The monoisotopic (exact) mass is 1120 g/mol. The lowest BCUT2D eigenvalue weighted by molar-refractivity contribution is -0.356. The lowest BCUT2D eigenvalue weighted by Crippen LogP contribution is -2.63. The number of carbonyl (C=O) groups excluding carboxylic acids is 6. The summed E-state index contributed by atoms with van der Waals surface area (Å²) in [6.07, 6.45) is 0.255. The van der Waals surface area contributed by atoms with E-state index in [4.69, 9.17) is 47.4 Å². The summed E-state index contributed by atoms with van der Waals surface area (Å²) < 4.78 is 57.2. The molecule has 3 fully saturated rings. The number of esters is 4. The molecule has 78 heavy (non-hydrogen) atoms. The van der Waals surface area contributed by atoms with Crippen LogP contribution >= 0.6 is 0 Å². The van der Waals surface area contributed by atoms with Gasteiger partial charge in [0.2, 0.25) is 5.91 Å². The van der Waals surface area contributed by atoms with Crippen LogP contribution in [0.15, 0.2) is 0 Å². The summed E-state index contributed by atoms with van der Waals surface area (Å²) in [5.41, 5.74) is 0. The molecular weight excluding hydrogens is 1020 g/mol. The molecule has 22 heteroatoms. The Morgan fingerprint density at radius 1 is 0.513 bits per heavy atom. The van der Waals surface area contributed by atoms with Gasteiger partial charge in [-0.2, -0.15) is 0 Å². The van der Waals surface area contributed by atoms with Crippen LogP contribution in [0.5, 0.6) is 0 Å². The summed E-state index contributed by atoms with van der Waals surface area (Å²) in [5, 5.41) is 48.0. The fourth-order valence-electron chi connectivity index (χ4n) is 9.80. The topological polar surface area (TPSA) is 291 Å². The first kappa shape index (κ1) is 68.9. The van der Waals surface area contributed by atoms with Crippen molar-refractivity contribution in [1.82, 2.24) is 10.2 Å². The highest BCUT2D eigenvalue weighted by Crippen LogP contribution is 2.32. The van der Waals surface area contributed by atoms with Crippen LogP contribution in [0, 0.1) is 5.92 Å². The molecule has 0 radical (unpaired) electrons. The number of hydrogen-bond acceptors (Lipinski definition) is 21. The minimum Gasteiger partial charge on any atom is -0.460 e. The predicted molar refractivity (Wildman–Crippen MR) is 283 cm³/mol. The van der Waals surface area contributed by atoms with Crippen LogP contribution in [0.4, 0.5) is 0 Å². The lowest BCUT2D eigenvalue weighted by atomic mass is 9.97. The van der Waals surface area contributed by atoms with Crippen LogP contribution in [-0.2, 0) is 76.1 Å². The summed E-state index contributed by atoms with van der Waals surface area (Å²) >= 11 is 0. The first-order valence-corrected chi connectivity index (χ1v) is 28.8. The van der Waals surface area contributed by atoms with Crippen molar-refractivity contribution in [1.29, 1.82) is 0 Å². The fourth-order valence-corrected chi connectivity index (χ4v) is 9.80. The van der Waals surface area contributed by atoms with Gasteiger partial charge in [0.1, 0.15) is 48.5 Å². The van der Waals surface area contributed by atoms with Crippen molar-refractivity contribution < 1.29 is 96.6 Å². The van der Waals surface area contributed by atoms with Crippen LogP contribution in [0.2, 0.25) is 0 Å². The van der Waals surface area contributed by atoms with E-state index in [0.717, 1.165) is 117 Å². The Labute approximate surface area is 462 Å². The number of hydrogen-bond donors (Lipinski definition) is 5. The van der Waals surface area contributed by atoms with Crippen molar-refractivity contribution in [3.05, 3.63) is 0 Å². The molecule has 0 aromatic rings. The largest absolute Gasteiger partial charge is 0.460 e. The Morgan fingerprint density at radius 2 is 1.05 bits per heavy atom. The number of aliphatic hydroxyl groups excluding tert-OH is 4. The summed E-state index contributed by atoms with van der Waals surface area (Å²) in [7, 11) is 4.12. The Balaban J connectivity index is 1.40. The smallest absolute Gasteiger partial charge is 0.303 e. The molecule has 0 aliphatic carbocycles. The third-order valence-electron chi connectivity index (χ3n) is 14.0. The maximum atomic E-state index is 12.6. The van der Waals surface area contributed by atoms with E-state index in [1.165, 1.54) is 26.2 Å². The van der Waals surface area contributed by atoms with E-state index >= 15 is 0 Å². The van der Waals surface area contributed by atoms with Gasteiger partial charge in [0.15, 0.2) is 37.2 Å². The fraction of sp³-hybridized carbons (Fsp3) is 0.893. The molecule has 0 spiro atoms. The molecule has 3 heterocycles. The number of nitrogens with zero attached hydrogens (tertiary/aromatic N) is 1. The van der Waals surface area contributed by atoms with Crippen LogP contribution in [0.3, 0.4) is 0 Å². The van der Waals surface area contributed by atoms with Gasteiger partial charge in [-0.25, -0.2) is 0 Å². The van der Waals surface area contributed by atoms with E-state index in [1.54, 1.807) is 0 Å². The van der Waals surface area contributed by atoms with Crippen LogP contribution in [-0.4, -0.2) is 194 Å². The number of amides is 1. The summed E-state index contributed by atoms with van der Waals surface area (Å²) in [6, 6.07) is 0. The molecule has 3 aliphatic rings. The number of ether oxygens (including phenoxy) is 10. The highest BCUT2D eigenvalue weighted by Gasteiger charge is 2.52. The zero-order chi connectivity index (χ0) is 57.6. The maximum Gasteiger partial charge on any atom is 0.303 e. The molecule has 14 unspecified atom stereocenters. The Bertz CT molecular complexity index is 1740. The van der Waals surface area contributed by atoms with Crippen molar-refractivity contribution >= 4 is 35.6 Å². The average molecular weight is 1120 g/mol. The van der Waals surface area contributed by atoms with Crippen molar-refractivity contribution in [3.63, 3.8) is 0 Å². The lowest BCUT2D eigenvalue weighted by Gasteiger charge is -2.45. The third-order valence-corrected chi connectivity index (χ3v) is 14.0. The molecule has 3 rings (SSSR count). The standard InChI is InChI=1S/C56H98N2O20/c1-36(2)29-30-44(43(72-37(3)59)27-21-17-14-16-20-26-41(63)25-19-15-12-10-9-11-13-18-22-28-47(65)57-31-23-24-32-58(7)8)76-54-49(67)48(66)45(34-70-54)77-55-50(68)51(42(64)33-69-55)78-56-53(75-40(6)62)52(74-39(5)61)46(35-71-56)73-38(4)60/h36,42-46,48-56,64,66-68H,9-35H2,1-8H3,(H,57,65). The molecular formula is C56H98N2O20. The number of rotatable bonds is 39. The molecule has 0 saturated carbocycles.